The third kappa shape index (κ3) is 4.26. The van der Waals surface area contributed by atoms with Crippen molar-refractivity contribution in [3.63, 3.8) is 0 Å². The quantitative estimate of drug-likeness (QED) is 0.897. The minimum atomic E-state index is -0.124. The van der Waals surface area contributed by atoms with E-state index in [-0.39, 0.29) is 6.10 Å². The van der Waals surface area contributed by atoms with Gasteiger partial charge in [0.2, 0.25) is 0 Å². The smallest absolute Gasteiger partial charge is 0.0967 e. The lowest BCUT2D eigenvalue weighted by atomic mass is 10.1. The largest absolute Gasteiger partial charge is 0.393 e. The summed E-state index contributed by atoms with van der Waals surface area (Å²) in [6, 6.07) is 11.1. The van der Waals surface area contributed by atoms with E-state index in [4.69, 9.17) is 0 Å². The first-order valence-corrected chi connectivity index (χ1v) is 9.34. The Balaban J connectivity index is 1.30. The average Bonchev–Trinajstić information content (AvgIpc) is 3.27. The number of benzene rings is 1. The monoisotopic (exact) mass is 341 g/mol. The molecule has 1 unspecified atom stereocenters. The molecule has 0 aliphatic carbocycles. The van der Waals surface area contributed by atoms with Crippen molar-refractivity contribution in [1.82, 2.24) is 24.8 Å². The highest BCUT2D eigenvalue weighted by Gasteiger charge is 2.25. The minimum absolute atomic E-state index is 0.124. The number of hydrogen-bond donors (Lipinski definition) is 1. The molecule has 6 nitrogen and oxygen atoms in total. The zero-order valence-corrected chi connectivity index (χ0v) is 14.7. The molecule has 2 aromatic rings. The highest BCUT2D eigenvalue weighted by atomic mass is 16.3. The van der Waals surface area contributed by atoms with Gasteiger partial charge in [-0.05, 0) is 24.8 Å². The standard InChI is InChI=1S/C19H27N5O/c25-19-7-10-22(11-8-19)13-17-14-24(21-20-17)18-6-9-23(15-18)12-16-4-2-1-3-5-16/h1-5,14,18-19,25H,6-13,15H2. The maximum atomic E-state index is 9.61. The molecule has 1 atom stereocenters. The number of aromatic nitrogens is 3. The molecule has 4 rings (SSSR count). The Labute approximate surface area is 149 Å². The van der Waals surface area contributed by atoms with Crippen LogP contribution in [-0.4, -0.2) is 62.2 Å². The van der Waals surface area contributed by atoms with E-state index in [1.165, 1.54) is 5.56 Å². The fraction of sp³-hybridized carbons (Fsp3) is 0.579. The fourth-order valence-electron chi connectivity index (χ4n) is 3.88. The normalized spacial score (nSPS) is 23.3. The first kappa shape index (κ1) is 16.7. The van der Waals surface area contributed by atoms with Crippen molar-refractivity contribution in [1.29, 1.82) is 0 Å². The molecule has 0 amide bonds. The highest BCUT2D eigenvalue weighted by Crippen LogP contribution is 2.23. The summed E-state index contributed by atoms with van der Waals surface area (Å²) in [5.74, 6) is 0. The summed E-state index contributed by atoms with van der Waals surface area (Å²) in [5, 5.41) is 18.4. The number of likely N-dealkylation sites (tertiary alicyclic amines) is 2. The molecular formula is C19H27N5O. The summed E-state index contributed by atoms with van der Waals surface area (Å²) in [7, 11) is 0. The molecule has 3 heterocycles. The first-order chi connectivity index (χ1) is 12.3. The Morgan fingerprint density at radius 2 is 1.72 bits per heavy atom. The molecule has 25 heavy (non-hydrogen) atoms. The topological polar surface area (TPSA) is 57.4 Å². The number of piperidine rings is 1. The molecule has 1 aromatic carbocycles. The molecule has 0 bridgehead atoms. The summed E-state index contributed by atoms with van der Waals surface area (Å²) in [6.45, 7) is 5.89. The van der Waals surface area contributed by atoms with Gasteiger partial charge in [0.1, 0.15) is 0 Å². The van der Waals surface area contributed by atoms with Gasteiger partial charge in [-0.3, -0.25) is 9.80 Å². The van der Waals surface area contributed by atoms with Crippen molar-refractivity contribution < 1.29 is 5.11 Å². The molecule has 1 aromatic heterocycles. The van der Waals surface area contributed by atoms with E-state index in [2.05, 4.69) is 61.3 Å². The second-order valence-corrected chi connectivity index (χ2v) is 7.36. The van der Waals surface area contributed by atoms with Crippen molar-refractivity contribution in [2.75, 3.05) is 26.2 Å². The van der Waals surface area contributed by atoms with E-state index < -0.39 is 0 Å². The van der Waals surface area contributed by atoms with Gasteiger partial charge in [0.15, 0.2) is 0 Å². The van der Waals surface area contributed by atoms with Gasteiger partial charge in [0.05, 0.1) is 24.0 Å². The fourth-order valence-corrected chi connectivity index (χ4v) is 3.88. The number of aliphatic hydroxyl groups is 1. The van der Waals surface area contributed by atoms with Crippen LogP contribution in [0.3, 0.4) is 0 Å². The Kier molecular flexibility index (Phi) is 5.10. The van der Waals surface area contributed by atoms with Crippen LogP contribution < -0.4 is 0 Å². The zero-order valence-electron chi connectivity index (χ0n) is 14.7. The maximum absolute atomic E-state index is 9.61. The van der Waals surface area contributed by atoms with Crippen LogP contribution in [-0.2, 0) is 13.1 Å². The van der Waals surface area contributed by atoms with Crippen LogP contribution in [0.15, 0.2) is 36.5 Å². The van der Waals surface area contributed by atoms with E-state index in [9.17, 15) is 5.11 Å². The first-order valence-electron chi connectivity index (χ1n) is 9.34. The van der Waals surface area contributed by atoms with Crippen LogP contribution >= 0.6 is 0 Å². The number of aliphatic hydroxyl groups excluding tert-OH is 1. The third-order valence-electron chi connectivity index (χ3n) is 5.37. The van der Waals surface area contributed by atoms with Crippen LogP contribution in [0.5, 0.6) is 0 Å². The van der Waals surface area contributed by atoms with Gasteiger partial charge < -0.3 is 5.11 Å². The van der Waals surface area contributed by atoms with Crippen LogP contribution in [0.2, 0.25) is 0 Å². The van der Waals surface area contributed by atoms with E-state index >= 15 is 0 Å². The van der Waals surface area contributed by atoms with Gasteiger partial charge in [-0.1, -0.05) is 35.5 Å². The predicted molar refractivity (Wildman–Crippen MR) is 95.9 cm³/mol. The lowest BCUT2D eigenvalue weighted by molar-refractivity contribution is 0.0786. The van der Waals surface area contributed by atoms with Crippen molar-refractivity contribution in [3.8, 4) is 0 Å². The van der Waals surface area contributed by atoms with Crippen molar-refractivity contribution >= 4 is 0 Å². The Morgan fingerprint density at radius 3 is 2.52 bits per heavy atom. The molecule has 0 spiro atoms. The molecule has 2 aliphatic heterocycles. The Morgan fingerprint density at radius 1 is 0.960 bits per heavy atom. The van der Waals surface area contributed by atoms with Crippen molar-refractivity contribution in [2.45, 2.75) is 44.5 Å². The second-order valence-electron chi connectivity index (χ2n) is 7.36. The van der Waals surface area contributed by atoms with Gasteiger partial charge in [0, 0.05) is 39.3 Å². The van der Waals surface area contributed by atoms with Gasteiger partial charge in [-0.25, -0.2) is 4.68 Å². The molecule has 1 N–H and O–H groups in total. The van der Waals surface area contributed by atoms with E-state index in [1.807, 2.05) is 0 Å². The highest BCUT2D eigenvalue weighted by molar-refractivity contribution is 5.14. The molecule has 6 heteroatoms. The van der Waals surface area contributed by atoms with Crippen LogP contribution in [0.4, 0.5) is 0 Å². The Hall–Kier alpha value is -1.76. The molecule has 134 valence electrons. The summed E-state index contributed by atoms with van der Waals surface area (Å²) in [4.78, 5) is 4.85. The maximum Gasteiger partial charge on any atom is 0.0967 e. The third-order valence-corrected chi connectivity index (χ3v) is 5.37. The molecule has 2 saturated heterocycles. The minimum Gasteiger partial charge on any atom is -0.393 e. The molecule has 2 fully saturated rings. The van der Waals surface area contributed by atoms with Crippen molar-refractivity contribution in [3.05, 3.63) is 47.8 Å². The second kappa shape index (κ2) is 7.64. The van der Waals surface area contributed by atoms with Gasteiger partial charge >= 0.3 is 0 Å². The molecular weight excluding hydrogens is 314 g/mol. The number of hydrogen-bond acceptors (Lipinski definition) is 5. The van der Waals surface area contributed by atoms with Gasteiger partial charge in [-0.2, -0.15) is 0 Å². The van der Waals surface area contributed by atoms with Crippen LogP contribution in [0.25, 0.3) is 0 Å². The van der Waals surface area contributed by atoms with E-state index in [0.29, 0.717) is 6.04 Å². The average molecular weight is 341 g/mol. The lowest BCUT2D eigenvalue weighted by Crippen LogP contribution is -2.35. The number of nitrogens with zero attached hydrogens (tertiary/aromatic N) is 5. The Bertz CT molecular complexity index is 665. The van der Waals surface area contributed by atoms with E-state index in [1.54, 1.807) is 0 Å². The molecule has 0 saturated carbocycles. The summed E-state index contributed by atoms with van der Waals surface area (Å²) < 4.78 is 2.05. The summed E-state index contributed by atoms with van der Waals surface area (Å²) >= 11 is 0. The number of rotatable bonds is 5. The van der Waals surface area contributed by atoms with Gasteiger partial charge in [0.25, 0.3) is 0 Å². The molecule has 2 aliphatic rings. The zero-order chi connectivity index (χ0) is 17.1. The van der Waals surface area contributed by atoms with Crippen LogP contribution in [0, 0.1) is 0 Å². The van der Waals surface area contributed by atoms with E-state index in [0.717, 1.165) is 64.2 Å². The molecule has 0 radical (unpaired) electrons. The summed E-state index contributed by atoms with van der Waals surface area (Å²) in [5.41, 5.74) is 2.41. The van der Waals surface area contributed by atoms with Crippen molar-refractivity contribution in [2.24, 2.45) is 0 Å². The predicted octanol–water partition coefficient (Wildman–Crippen LogP) is 1.68. The SMILES string of the molecule is OC1CCN(Cc2cn(C3CCN(Cc4ccccc4)C3)nn2)CC1. The van der Waals surface area contributed by atoms with Gasteiger partial charge in [-0.15, -0.1) is 5.10 Å². The van der Waals surface area contributed by atoms with Crippen LogP contribution in [0.1, 0.15) is 36.6 Å². The summed E-state index contributed by atoms with van der Waals surface area (Å²) in [6.07, 6.45) is 4.85. The lowest BCUT2D eigenvalue weighted by Gasteiger charge is -2.28.